The van der Waals surface area contributed by atoms with Crippen LogP contribution in [0, 0.1) is 0 Å². The highest BCUT2D eigenvalue weighted by Gasteiger charge is 2.10. The van der Waals surface area contributed by atoms with Gasteiger partial charge in [-0.05, 0) is 42.6 Å². The Balaban J connectivity index is 1.84. The van der Waals surface area contributed by atoms with E-state index < -0.39 is 5.91 Å². The van der Waals surface area contributed by atoms with Gasteiger partial charge in [-0.25, -0.2) is 5.43 Å². The number of nitrogens with zero attached hydrogens (tertiary/aromatic N) is 1. The summed E-state index contributed by atoms with van der Waals surface area (Å²) in [5.41, 5.74) is 3.88. The molecule has 3 aromatic carbocycles. The van der Waals surface area contributed by atoms with Crippen LogP contribution in [0.25, 0.3) is 10.8 Å². The SMILES string of the molecule is C/C(=N\NC(=O)c1ccc(O)cc1)c1ccc2ccccc2c1O. The fraction of sp³-hybridized carbons (Fsp3) is 0.0526. The van der Waals surface area contributed by atoms with E-state index in [2.05, 4.69) is 10.5 Å². The number of benzene rings is 3. The van der Waals surface area contributed by atoms with Crippen molar-refractivity contribution in [3.8, 4) is 11.5 Å². The van der Waals surface area contributed by atoms with Crippen LogP contribution < -0.4 is 5.43 Å². The molecule has 5 heteroatoms. The maximum absolute atomic E-state index is 12.0. The van der Waals surface area contributed by atoms with Gasteiger partial charge in [0.1, 0.15) is 11.5 Å². The molecule has 0 saturated carbocycles. The Morgan fingerprint density at radius 1 is 0.958 bits per heavy atom. The van der Waals surface area contributed by atoms with Crippen molar-refractivity contribution >= 4 is 22.4 Å². The quantitative estimate of drug-likeness (QED) is 0.511. The van der Waals surface area contributed by atoms with Crippen molar-refractivity contribution in [2.24, 2.45) is 5.10 Å². The molecule has 24 heavy (non-hydrogen) atoms. The van der Waals surface area contributed by atoms with Crippen LogP contribution in [0.3, 0.4) is 0 Å². The van der Waals surface area contributed by atoms with Crippen molar-refractivity contribution in [2.75, 3.05) is 0 Å². The number of hydrogen-bond acceptors (Lipinski definition) is 4. The molecule has 5 nitrogen and oxygen atoms in total. The molecule has 1 amide bonds. The van der Waals surface area contributed by atoms with E-state index in [1.807, 2.05) is 30.3 Å². The standard InChI is InChI=1S/C19H16N2O3/c1-12(20-21-19(24)14-6-9-15(22)10-7-14)16-11-8-13-4-2-3-5-17(13)18(16)23/h2-11,22-23H,1H3,(H,21,24)/b20-12+. The van der Waals surface area contributed by atoms with Crippen LogP contribution in [-0.4, -0.2) is 21.8 Å². The van der Waals surface area contributed by atoms with E-state index in [-0.39, 0.29) is 11.5 Å². The molecule has 3 rings (SSSR count). The van der Waals surface area contributed by atoms with E-state index in [1.165, 1.54) is 24.3 Å². The second-order valence-electron chi connectivity index (χ2n) is 5.37. The van der Waals surface area contributed by atoms with Gasteiger partial charge in [0.2, 0.25) is 0 Å². The molecule has 0 bridgehead atoms. The van der Waals surface area contributed by atoms with Crippen LogP contribution >= 0.6 is 0 Å². The fourth-order valence-electron chi connectivity index (χ4n) is 2.42. The van der Waals surface area contributed by atoms with Crippen molar-refractivity contribution in [1.29, 1.82) is 0 Å². The molecule has 0 saturated heterocycles. The van der Waals surface area contributed by atoms with Crippen LogP contribution in [0.15, 0.2) is 65.8 Å². The van der Waals surface area contributed by atoms with Gasteiger partial charge in [0, 0.05) is 16.5 Å². The van der Waals surface area contributed by atoms with Gasteiger partial charge in [0.25, 0.3) is 5.91 Å². The Hall–Kier alpha value is -3.34. The molecule has 3 aromatic rings. The zero-order valence-corrected chi connectivity index (χ0v) is 13.0. The largest absolute Gasteiger partial charge is 0.508 e. The highest BCUT2D eigenvalue weighted by Crippen LogP contribution is 2.28. The summed E-state index contributed by atoms with van der Waals surface area (Å²) in [5.74, 6) is -0.171. The molecule has 0 atom stereocenters. The van der Waals surface area contributed by atoms with Gasteiger partial charge >= 0.3 is 0 Å². The maximum Gasteiger partial charge on any atom is 0.271 e. The predicted molar refractivity (Wildman–Crippen MR) is 93.4 cm³/mol. The second-order valence-corrected chi connectivity index (χ2v) is 5.37. The summed E-state index contributed by atoms with van der Waals surface area (Å²) in [7, 11) is 0. The number of phenolic OH excluding ortho intramolecular Hbond substituents is 2. The molecule has 0 aromatic heterocycles. The Morgan fingerprint density at radius 2 is 1.67 bits per heavy atom. The van der Waals surface area contributed by atoms with Gasteiger partial charge in [-0.2, -0.15) is 5.10 Å². The highest BCUT2D eigenvalue weighted by molar-refractivity contribution is 6.07. The van der Waals surface area contributed by atoms with E-state index in [4.69, 9.17) is 0 Å². The van der Waals surface area contributed by atoms with Crippen molar-refractivity contribution < 1.29 is 15.0 Å². The number of carbonyl (C=O) groups is 1. The Labute approximate surface area is 138 Å². The van der Waals surface area contributed by atoms with E-state index in [0.29, 0.717) is 16.8 Å². The van der Waals surface area contributed by atoms with Crippen LogP contribution in [0.5, 0.6) is 11.5 Å². The average Bonchev–Trinajstić information content (AvgIpc) is 2.60. The molecule has 120 valence electrons. The zero-order chi connectivity index (χ0) is 17.1. The summed E-state index contributed by atoms with van der Waals surface area (Å²) in [6.07, 6.45) is 0. The molecule has 0 unspecified atom stereocenters. The topological polar surface area (TPSA) is 81.9 Å². The van der Waals surface area contributed by atoms with Crippen molar-refractivity contribution in [1.82, 2.24) is 5.43 Å². The summed E-state index contributed by atoms with van der Waals surface area (Å²) >= 11 is 0. The van der Waals surface area contributed by atoms with Crippen LogP contribution in [0.2, 0.25) is 0 Å². The molecule has 0 aliphatic rings. The summed E-state index contributed by atoms with van der Waals surface area (Å²) in [4.78, 5) is 12.0. The minimum Gasteiger partial charge on any atom is -0.508 e. The Kier molecular flexibility index (Phi) is 4.16. The number of nitrogens with one attached hydrogen (secondary N) is 1. The Bertz CT molecular complexity index is 931. The number of aromatic hydroxyl groups is 2. The van der Waals surface area contributed by atoms with Gasteiger partial charge in [-0.15, -0.1) is 0 Å². The van der Waals surface area contributed by atoms with E-state index in [0.717, 1.165) is 10.8 Å². The predicted octanol–water partition coefficient (Wildman–Crippen LogP) is 3.41. The van der Waals surface area contributed by atoms with E-state index in [1.54, 1.807) is 13.0 Å². The number of hydrogen-bond donors (Lipinski definition) is 3. The Morgan fingerprint density at radius 3 is 2.42 bits per heavy atom. The van der Waals surface area contributed by atoms with Crippen molar-refractivity contribution in [2.45, 2.75) is 6.92 Å². The average molecular weight is 320 g/mol. The van der Waals surface area contributed by atoms with Crippen molar-refractivity contribution in [3.63, 3.8) is 0 Å². The zero-order valence-electron chi connectivity index (χ0n) is 13.0. The molecular formula is C19H16N2O3. The number of rotatable bonds is 3. The first kappa shape index (κ1) is 15.6. The fourth-order valence-corrected chi connectivity index (χ4v) is 2.42. The number of hydrazone groups is 1. The summed E-state index contributed by atoms with van der Waals surface area (Å²) in [5, 5.41) is 25.4. The van der Waals surface area contributed by atoms with Crippen LogP contribution in [0.1, 0.15) is 22.8 Å². The minimum atomic E-state index is -0.394. The third kappa shape index (κ3) is 3.05. The molecule has 3 N–H and O–H groups in total. The smallest absolute Gasteiger partial charge is 0.271 e. The van der Waals surface area contributed by atoms with E-state index >= 15 is 0 Å². The summed E-state index contributed by atoms with van der Waals surface area (Å²) in [6.45, 7) is 1.71. The van der Waals surface area contributed by atoms with Gasteiger partial charge in [0.15, 0.2) is 0 Å². The molecule has 0 aliphatic carbocycles. The first-order valence-electron chi connectivity index (χ1n) is 7.41. The molecular weight excluding hydrogens is 304 g/mol. The lowest BCUT2D eigenvalue weighted by atomic mass is 10.0. The lowest BCUT2D eigenvalue weighted by Crippen LogP contribution is -2.19. The molecule has 0 aliphatic heterocycles. The van der Waals surface area contributed by atoms with E-state index in [9.17, 15) is 15.0 Å². The van der Waals surface area contributed by atoms with Crippen LogP contribution in [-0.2, 0) is 0 Å². The molecule has 0 radical (unpaired) electrons. The first-order valence-corrected chi connectivity index (χ1v) is 7.41. The molecule has 0 heterocycles. The lowest BCUT2D eigenvalue weighted by Gasteiger charge is -2.08. The third-order valence-corrected chi connectivity index (χ3v) is 3.75. The minimum absolute atomic E-state index is 0.0901. The molecule has 0 spiro atoms. The summed E-state index contributed by atoms with van der Waals surface area (Å²) in [6, 6.07) is 17.0. The summed E-state index contributed by atoms with van der Waals surface area (Å²) < 4.78 is 0. The number of amides is 1. The highest BCUT2D eigenvalue weighted by atomic mass is 16.3. The normalized spacial score (nSPS) is 11.5. The second kappa shape index (κ2) is 6.42. The first-order chi connectivity index (χ1) is 11.6. The van der Waals surface area contributed by atoms with Gasteiger partial charge in [-0.1, -0.05) is 30.3 Å². The van der Waals surface area contributed by atoms with Gasteiger partial charge < -0.3 is 10.2 Å². The number of fused-ring (bicyclic) bond motifs is 1. The molecule has 0 fully saturated rings. The number of phenols is 2. The van der Waals surface area contributed by atoms with Crippen LogP contribution in [0.4, 0.5) is 0 Å². The maximum atomic E-state index is 12.0. The number of carbonyl (C=O) groups excluding carboxylic acids is 1. The lowest BCUT2D eigenvalue weighted by molar-refractivity contribution is 0.0955. The van der Waals surface area contributed by atoms with Gasteiger partial charge in [0.05, 0.1) is 5.71 Å². The monoisotopic (exact) mass is 320 g/mol. The third-order valence-electron chi connectivity index (χ3n) is 3.75. The van der Waals surface area contributed by atoms with Gasteiger partial charge in [-0.3, -0.25) is 4.79 Å². The van der Waals surface area contributed by atoms with Crippen molar-refractivity contribution in [3.05, 3.63) is 71.8 Å².